The Morgan fingerprint density at radius 2 is 2.17 bits per heavy atom. The highest BCUT2D eigenvalue weighted by Gasteiger charge is 2.17. The van der Waals surface area contributed by atoms with Crippen molar-refractivity contribution >= 4 is 27.5 Å². The smallest absolute Gasteiger partial charge is 0.268 e. The summed E-state index contributed by atoms with van der Waals surface area (Å²) in [6.07, 6.45) is 4.10. The number of thiophene rings is 1. The summed E-state index contributed by atoms with van der Waals surface area (Å²) in [6, 6.07) is 4.18. The second kappa shape index (κ2) is 7.96. The minimum Gasteiger partial charge on any atom is -0.379 e. The molecule has 1 fully saturated rings. The predicted molar refractivity (Wildman–Crippen MR) is 99.0 cm³/mol. The van der Waals surface area contributed by atoms with Gasteiger partial charge in [0.1, 0.15) is 5.69 Å². The molecule has 0 bridgehead atoms. The van der Waals surface area contributed by atoms with Crippen molar-refractivity contribution in [3.63, 3.8) is 0 Å². The standard InChI is InChI=1S/C18H25N3O2S/c1-3-4-6-21-15-12-14(2)24-17(15)13-16(21)18(22)19-5-7-20-8-10-23-11-9-20/h3-4,12-13H,5-11H2,1-2H3,(H,19,22)/b4-3+. The van der Waals surface area contributed by atoms with Crippen molar-refractivity contribution in [3.05, 3.63) is 34.9 Å². The van der Waals surface area contributed by atoms with Gasteiger partial charge in [-0.1, -0.05) is 12.2 Å². The second-order valence-corrected chi connectivity index (χ2v) is 7.31. The van der Waals surface area contributed by atoms with Gasteiger partial charge in [-0.2, -0.15) is 0 Å². The number of hydrogen-bond acceptors (Lipinski definition) is 4. The Bertz CT molecular complexity index is 726. The van der Waals surface area contributed by atoms with Gasteiger partial charge in [0.15, 0.2) is 0 Å². The second-order valence-electron chi connectivity index (χ2n) is 6.03. The molecule has 1 N–H and O–H groups in total. The number of carbonyl (C=O) groups excluding carboxylic acids is 1. The Morgan fingerprint density at radius 3 is 2.92 bits per heavy atom. The highest BCUT2D eigenvalue weighted by atomic mass is 32.1. The van der Waals surface area contributed by atoms with E-state index in [9.17, 15) is 4.79 Å². The number of amides is 1. The summed E-state index contributed by atoms with van der Waals surface area (Å²) in [7, 11) is 0. The number of carbonyl (C=O) groups is 1. The third-order valence-corrected chi connectivity index (χ3v) is 5.27. The zero-order valence-corrected chi connectivity index (χ0v) is 15.2. The fraction of sp³-hybridized carbons (Fsp3) is 0.500. The van der Waals surface area contributed by atoms with Gasteiger partial charge in [0.05, 0.1) is 23.4 Å². The zero-order chi connectivity index (χ0) is 16.9. The molecule has 0 aromatic carbocycles. The topological polar surface area (TPSA) is 46.5 Å². The van der Waals surface area contributed by atoms with Crippen LogP contribution in [0.5, 0.6) is 0 Å². The number of fused-ring (bicyclic) bond motifs is 1. The first-order chi connectivity index (χ1) is 11.7. The van der Waals surface area contributed by atoms with Crippen LogP contribution in [-0.4, -0.2) is 54.8 Å². The number of nitrogens with one attached hydrogen (secondary N) is 1. The van der Waals surface area contributed by atoms with Gasteiger partial charge in [-0.3, -0.25) is 9.69 Å². The number of aryl methyl sites for hydroxylation is 1. The Balaban J connectivity index is 1.67. The third-order valence-electron chi connectivity index (χ3n) is 4.29. The van der Waals surface area contributed by atoms with Gasteiger partial charge in [-0.05, 0) is 26.0 Å². The van der Waals surface area contributed by atoms with Crippen LogP contribution in [0.2, 0.25) is 0 Å². The lowest BCUT2D eigenvalue weighted by Gasteiger charge is -2.26. The third kappa shape index (κ3) is 3.88. The molecule has 0 unspecified atom stereocenters. The van der Waals surface area contributed by atoms with Gasteiger partial charge in [-0.25, -0.2) is 0 Å². The van der Waals surface area contributed by atoms with Crippen LogP contribution in [-0.2, 0) is 11.3 Å². The molecule has 0 aliphatic carbocycles. The number of morpholine rings is 1. The first kappa shape index (κ1) is 17.2. The first-order valence-corrected chi connectivity index (χ1v) is 9.30. The monoisotopic (exact) mass is 347 g/mol. The summed E-state index contributed by atoms with van der Waals surface area (Å²) in [4.78, 5) is 16.2. The van der Waals surface area contributed by atoms with Crippen LogP contribution in [0.3, 0.4) is 0 Å². The van der Waals surface area contributed by atoms with E-state index in [0.29, 0.717) is 6.54 Å². The predicted octanol–water partition coefficient (Wildman–Crippen LogP) is 2.65. The van der Waals surface area contributed by atoms with Gasteiger partial charge < -0.3 is 14.6 Å². The van der Waals surface area contributed by atoms with E-state index in [1.807, 2.05) is 19.1 Å². The molecule has 0 saturated carbocycles. The molecule has 2 aromatic heterocycles. The highest BCUT2D eigenvalue weighted by molar-refractivity contribution is 7.19. The molecule has 6 heteroatoms. The maximum Gasteiger partial charge on any atom is 0.268 e. The molecule has 3 heterocycles. The molecule has 130 valence electrons. The number of allylic oxidation sites excluding steroid dienone is 2. The van der Waals surface area contributed by atoms with Gasteiger partial charge in [-0.15, -0.1) is 11.3 Å². The number of rotatable bonds is 6. The van der Waals surface area contributed by atoms with E-state index in [4.69, 9.17) is 4.74 Å². The minimum atomic E-state index is 0.00816. The summed E-state index contributed by atoms with van der Waals surface area (Å²) in [6.45, 7) is 9.84. The van der Waals surface area contributed by atoms with E-state index in [1.165, 1.54) is 9.58 Å². The van der Waals surface area contributed by atoms with E-state index in [2.05, 4.69) is 33.8 Å². The summed E-state index contributed by atoms with van der Waals surface area (Å²) < 4.78 is 8.62. The van der Waals surface area contributed by atoms with E-state index < -0.39 is 0 Å². The van der Waals surface area contributed by atoms with Crippen LogP contribution in [0, 0.1) is 6.92 Å². The van der Waals surface area contributed by atoms with Gasteiger partial charge in [0, 0.05) is 37.6 Å². The molecule has 1 saturated heterocycles. The van der Waals surface area contributed by atoms with Crippen molar-refractivity contribution in [1.29, 1.82) is 0 Å². The Hall–Kier alpha value is -1.63. The number of aromatic nitrogens is 1. The van der Waals surface area contributed by atoms with Crippen LogP contribution in [0.25, 0.3) is 10.2 Å². The lowest BCUT2D eigenvalue weighted by Crippen LogP contribution is -2.41. The molecule has 24 heavy (non-hydrogen) atoms. The van der Waals surface area contributed by atoms with Crippen LogP contribution >= 0.6 is 11.3 Å². The summed E-state index contributed by atoms with van der Waals surface area (Å²) in [5.41, 5.74) is 1.89. The van der Waals surface area contributed by atoms with E-state index in [1.54, 1.807) is 11.3 Å². The van der Waals surface area contributed by atoms with Gasteiger partial charge in [0.25, 0.3) is 5.91 Å². The minimum absolute atomic E-state index is 0.00816. The summed E-state index contributed by atoms with van der Waals surface area (Å²) in [5.74, 6) is 0.00816. The maximum absolute atomic E-state index is 12.6. The van der Waals surface area contributed by atoms with Crippen molar-refractivity contribution in [1.82, 2.24) is 14.8 Å². The lowest BCUT2D eigenvalue weighted by atomic mass is 10.3. The Labute approximate surface area is 146 Å². The molecule has 1 aliphatic rings. The van der Waals surface area contributed by atoms with Gasteiger partial charge >= 0.3 is 0 Å². The van der Waals surface area contributed by atoms with E-state index >= 15 is 0 Å². The van der Waals surface area contributed by atoms with Crippen LogP contribution in [0.4, 0.5) is 0 Å². The maximum atomic E-state index is 12.6. The van der Waals surface area contributed by atoms with Crippen LogP contribution < -0.4 is 5.32 Å². The van der Waals surface area contributed by atoms with Gasteiger partial charge in [0.2, 0.25) is 0 Å². The Morgan fingerprint density at radius 1 is 1.38 bits per heavy atom. The number of ether oxygens (including phenoxy) is 1. The SMILES string of the molecule is C/C=C/Cn1c(C(=O)NCCN2CCOCC2)cc2sc(C)cc21. The first-order valence-electron chi connectivity index (χ1n) is 8.48. The van der Waals surface area contributed by atoms with Crippen molar-refractivity contribution in [3.8, 4) is 0 Å². The fourth-order valence-electron chi connectivity index (χ4n) is 3.00. The summed E-state index contributed by atoms with van der Waals surface area (Å²) in [5, 5.41) is 3.07. The molecule has 3 rings (SSSR count). The molecule has 1 aliphatic heterocycles. The normalized spacial score (nSPS) is 16.2. The quantitative estimate of drug-likeness (QED) is 0.817. The average molecular weight is 347 g/mol. The van der Waals surface area contributed by atoms with Crippen molar-refractivity contribution in [2.75, 3.05) is 39.4 Å². The highest BCUT2D eigenvalue weighted by Crippen LogP contribution is 2.28. The fourth-order valence-corrected chi connectivity index (χ4v) is 3.97. The van der Waals surface area contributed by atoms with Crippen molar-refractivity contribution in [2.24, 2.45) is 0 Å². The lowest BCUT2D eigenvalue weighted by molar-refractivity contribution is 0.0383. The van der Waals surface area contributed by atoms with E-state index in [-0.39, 0.29) is 5.91 Å². The van der Waals surface area contributed by atoms with Crippen molar-refractivity contribution in [2.45, 2.75) is 20.4 Å². The zero-order valence-electron chi connectivity index (χ0n) is 14.4. The number of nitrogens with zero attached hydrogens (tertiary/aromatic N) is 2. The molecular formula is C18H25N3O2S. The molecule has 1 amide bonds. The molecule has 0 radical (unpaired) electrons. The molecule has 2 aromatic rings. The molecule has 0 spiro atoms. The van der Waals surface area contributed by atoms with Crippen LogP contribution in [0.15, 0.2) is 24.3 Å². The largest absolute Gasteiger partial charge is 0.379 e. The molecule has 0 atom stereocenters. The average Bonchev–Trinajstić information content (AvgIpc) is 3.10. The summed E-state index contributed by atoms with van der Waals surface area (Å²) >= 11 is 1.74. The Kier molecular flexibility index (Phi) is 5.71. The number of hydrogen-bond donors (Lipinski definition) is 1. The van der Waals surface area contributed by atoms with Crippen LogP contribution in [0.1, 0.15) is 22.3 Å². The van der Waals surface area contributed by atoms with Crippen molar-refractivity contribution < 1.29 is 9.53 Å². The van der Waals surface area contributed by atoms with E-state index in [0.717, 1.165) is 50.6 Å². The molecular weight excluding hydrogens is 322 g/mol. The molecule has 5 nitrogen and oxygen atoms in total.